The Morgan fingerprint density at radius 1 is 1.41 bits per heavy atom. The number of anilines is 1. The fourth-order valence-corrected chi connectivity index (χ4v) is 4.69. The van der Waals surface area contributed by atoms with Gasteiger partial charge in [-0.15, -0.1) is 11.3 Å². The zero-order valence-electron chi connectivity index (χ0n) is 14.6. The van der Waals surface area contributed by atoms with Gasteiger partial charge in [-0.3, -0.25) is 0 Å². The van der Waals surface area contributed by atoms with E-state index in [9.17, 15) is 0 Å². The summed E-state index contributed by atoms with van der Waals surface area (Å²) in [5, 5.41) is 1.40. The van der Waals surface area contributed by atoms with Crippen LogP contribution in [0, 0.1) is 6.92 Å². The lowest BCUT2D eigenvalue weighted by Gasteiger charge is -2.36. The summed E-state index contributed by atoms with van der Waals surface area (Å²) in [6.07, 6.45) is 1.58. The molecule has 0 amide bonds. The Labute approximate surface area is 139 Å². The minimum Gasteiger partial charge on any atom is -0.411 e. The van der Waals surface area contributed by atoms with E-state index in [0.29, 0.717) is 18.8 Å². The van der Waals surface area contributed by atoms with E-state index in [-0.39, 0.29) is 5.04 Å². The largest absolute Gasteiger partial charge is 0.411 e. The third-order valence-corrected chi connectivity index (χ3v) is 10.9. The average molecular weight is 341 g/mol. The summed E-state index contributed by atoms with van der Waals surface area (Å²) in [5.74, 6) is 0. The van der Waals surface area contributed by atoms with E-state index >= 15 is 0 Å². The van der Waals surface area contributed by atoms with Gasteiger partial charge in [0.1, 0.15) is 0 Å². The molecule has 6 heteroatoms. The summed E-state index contributed by atoms with van der Waals surface area (Å²) in [5.41, 5.74) is 1.12. The maximum absolute atomic E-state index is 6.34. The highest BCUT2D eigenvalue weighted by molar-refractivity contribution is 7.15. The van der Waals surface area contributed by atoms with Gasteiger partial charge in [-0.25, -0.2) is 4.98 Å². The van der Waals surface area contributed by atoms with Crippen LogP contribution in [0.25, 0.3) is 0 Å². The van der Waals surface area contributed by atoms with Crippen LogP contribution in [0.5, 0.6) is 0 Å². The molecule has 2 saturated heterocycles. The molecule has 0 spiro atoms. The third kappa shape index (κ3) is 2.98. The molecule has 2 unspecified atom stereocenters. The van der Waals surface area contributed by atoms with E-state index in [1.807, 2.05) is 0 Å². The molecule has 2 atom stereocenters. The molecule has 0 radical (unpaired) electrons. The fourth-order valence-electron chi connectivity index (χ4n) is 2.77. The lowest BCUT2D eigenvalue weighted by atomic mass is 10.2. The molecule has 2 aliphatic heterocycles. The predicted octanol–water partition coefficient (Wildman–Crippen LogP) is 3.95. The van der Waals surface area contributed by atoms with Crippen LogP contribution < -0.4 is 4.90 Å². The Morgan fingerprint density at radius 2 is 2.14 bits per heavy atom. The molecule has 0 saturated carbocycles. The van der Waals surface area contributed by atoms with E-state index in [0.717, 1.165) is 30.4 Å². The molecule has 4 nitrogen and oxygen atoms in total. The number of morpholine rings is 1. The van der Waals surface area contributed by atoms with Gasteiger partial charge in [0, 0.05) is 11.4 Å². The molecular formula is C16H28N2O2SSi. The highest BCUT2D eigenvalue weighted by Crippen LogP contribution is 2.39. The average Bonchev–Trinajstić information content (AvgIpc) is 3.09. The highest BCUT2D eigenvalue weighted by Gasteiger charge is 2.41. The van der Waals surface area contributed by atoms with Gasteiger partial charge in [-0.05, 0) is 31.5 Å². The summed E-state index contributed by atoms with van der Waals surface area (Å²) in [7, 11) is -1.72. The smallest absolute Gasteiger partial charge is 0.192 e. The molecule has 2 bridgehead atoms. The SMILES string of the molecule is Cc1sc(N2CC3CC2CO3)nc1CO[Si](C)(C)C(C)(C)C. The van der Waals surface area contributed by atoms with Gasteiger partial charge in [0.05, 0.1) is 31.1 Å². The second-order valence-electron chi connectivity index (χ2n) is 8.05. The molecule has 0 aliphatic carbocycles. The van der Waals surface area contributed by atoms with E-state index in [1.165, 1.54) is 4.88 Å². The van der Waals surface area contributed by atoms with Crippen molar-refractivity contribution in [2.75, 3.05) is 18.1 Å². The molecule has 3 rings (SSSR count). The van der Waals surface area contributed by atoms with Crippen LogP contribution in [0.4, 0.5) is 5.13 Å². The molecule has 0 aromatic carbocycles. The number of hydrogen-bond donors (Lipinski definition) is 0. The number of nitrogens with zero attached hydrogens (tertiary/aromatic N) is 2. The molecule has 3 heterocycles. The van der Waals surface area contributed by atoms with Crippen LogP contribution in [0.3, 0.4) is 0 Å². The molecule has 0 N–H and O–H groups in total. The number of rotatable bonds is 4. The van der Waals surface area contributed by atoms with E-state index in [1.54, 1.807) is 11.3 Å². The quantitative estimate of drug-likeness (QED) is 0.777. The lowest BCUT2D eigenvalue weighted by molar-refractivity contribution is 0.0991. The van der Waals surface area contributed by atoms with Gasteiger partial charge >= 0.3 is 0 Å². The first-order valence-corrected chi connectivity index (χ1v) is 11.9. The van der Waals surface area contributed by atoms with Crippen molar-refractivity contribution in [2.24, 2.45) is 0 Å². The summed E-state index contributed by atoms with van der Waals surface area (Å²) in [6.45, 7) is 16.1. The number of fused-ring (bicyclic) bond motifs is 2. The standard InChI is InChI=1S/C16H28N2O2SSi/c1-11-14(10-20-22(5,6)16(2,3)4)17-15(21-11)18-8-13-7-12(18)9-19-13/h12-13H,7-10H2,1-6H3. The first kappa shape index (κ1) is 16.4. The van der Waals surface area contributed by atoms with Crippen LogP contribution in [0.2, 0.25) is 18.1 Å². The van der Waals surface area contributed by atoms with Gasteiger partial charge < -0.3 is 14.1 Å². The maximum Gasteiger partial charge on any atom is 0.192 e. The normalized spacial score (nSPS) is 25.3. The molecule has 124 valence electrons. The number of aryl methyl sites for hydroxylation is 1. The number of thiazole rings is 1. The first-order chi connectivity index (χ1) is 10.2. The molecule has 1 aromatic heterocycles. The highest BCUT2D eigenvalue weighted by atomic mass is 32.1. The zero-order valence-corrected chi connectivity index (χ0v) is 16.4. The predicted molar refractivity (Wildman–Crippen MR) is 94.3 cm³/mol. The van der Waals surface area contributed by atoms with Crippen LogP contribution in [-0.2, 0) is 15.8 Å². The molecular weight excluding hydrogens is 312 g/mol. The van der Waals surface area contributed by atoms with Crippen molar-refractivity contribution in [3.05, 3.63) is 10.6 Å². The minimum absolute atomic E-state index is 0.241. The first-order valence-electron chi connectivity index (χ1n) is 8.16. The van der Waals surface area contributed by atoms with Crippen molar-refractivity contribution in [3.63, 3.8) is 0 Å². The molecule has 22 heavy (non-hydrogen) atoms. The van der Waals surface area contributed by atoms with Crippen molar-refractivity contribution < 1.29 is 9.16 Å². The van der Waals surface area contributed by atoms with Crippen LogP contribution in [0.1, 0.15) is 37.8 Å². The topological polar surface area (TPSA) is 34.6 Å². The Morgan fingerprint density at radius 3 is 2.68 bits per heavy atom. The van der Waals surface area contributed by atoms with E-state index in [4.69, 9.17) is 14.1 Å². The van der Waals surface area contributed by atoms with E-state index < -0.39 is 8.32 Å². The molecule has 2 aliphatic rings. The van der Waals surface area contributed by atoms with Crippen LogP contribution in [-0.4, -0.2) is 38.6 Å². The summed E-state index contributed by atoms with van der Waals surface area (Å²) in [6, 6.07) is 0.532. The fraction of sp³-hybridized carbons (Fsp3) is 0.812. The molecule has 1 aromatic rings. The number of ether oxygens (including phenoxy) is 1. The second kappa shape index (κ2) is 5.58. The van der Waals surface area contributed by atoms with Gasteiger partial charge in [0.25, 0.3) is 0 Å². The summed E-state index contributed by atoms with van der Waals surface area (Å²) < 4.78 is 12.0. The Bertz CT molecular complexity index is 553. The Kier molecular flexibility index (Phi) is 4.17. The second-order valence-corrected chi connectivity index (χ2v) is 14.0. The monoisotopic (exact) mass is 340 g/mol. The van der Waals surface area contributed by atoms with E-state index in [2.05, 4.69) is 45.7 Å². The van der Waals surface area contributed by atoms with Gasteiger partial charge in [0.15, 0.2) is 13.4 Å². The number of hydrogen-bond acceptors (Lipinski definition) is 5. The summed E-state index contributed by atoms with van der Waals surface area (Å²) >= 11 is 1.80. The van der Waals surface area contributed by atoms with Crippen LogP contribution >= 0.6 is 11.3 Å². The van der Waals surface area contributed by atoms with Crippen molar-refractivity contribution >= 4 is 24.8 Å². The maximum atomic E-state index is 6.34. The Balaban J connectivity index is 1.68. The summed E-state index contributed by atoms with van der Waals surface area (Å²) in [4.78, 5) is 8.60. The third-order valence-electron chi connectivity index (χ3n) is 5.40. The molecule has 2 fully saturated rings. The van der Waals surface area contributed by atoms with Gasteiger partial charge in [-0.2, -0.15) is 0 Å². The number of aromatic nitrogens is 1. The van der Waals surface area contributed by atoms with Crippen molar-refractivity contribution in [2.45, 2.75) is 71.0 Å². The zero-order chi connectivity index (χ0) is 16.1. The minimum atomic E-state index is -1.72. The van der Waals surface area contributed by atoms with Gasteiger partial charge in [-0.1, -0.05) is 20.8 Å². The Hall–Kier alpha value is -0.433. The van der Waals surface area contributed by atoms with Crippen molar-refractivity contribution in [1.29, 1.82) is 0 Å². The van der Waals surface area contributed by atoms with Gasteiger partial charge in [0.2, 0.25) is 0 Å². The van der Waals surface area contributed by atoms with Crippen molar-refractivity contribution in [3.8, 4) is 0 Å². The van der Waals surface area contributed by atoms with Crippen molar-refractivity contribution in [1.82, 2.24) is 4.98 Å². The lowest BCUT2D eigenvalue weighted by Crippen LogP contribution is -2.40. The van der Waals surface area contributed by atoms with Crippen LogP contribution in [0.15, 0.2) is 0 Å².